The zero-order chi connectivity index (χ0) is 11.8. The summed E-state index contributed by atoms with van der Waals surface area (Å²) < 4.78 is 1.12. The van der Waals surface area contributed by atoms with Crippen LogP contribution < -0.4 is 10.9 Å². The van der Waals surface area contributed by atoms with E-state index in [0.29, 0.717) is 17.6 Å². The second-order valence-electron chi connectivity index (χ2n) is 4.35. The average molecular weight is 344 g/mol. The quantitative estimate of drug-likeness (QED) is 0.571. The van der Waals surface area contributed by atoms with Crippen molar-refractivity contribution in [1.29, 1.82) is 0 Å². The van der Waals surface area contributed by atoms with Gasteiger partial charge in [-0.25, -0.2) is 4.98 Å². The van der Waals surface area contributed by atoms with E-state index in [1.54, 1.807) is 0 Å². The van der Waals surface area contributed by atoms with Crippen LogP contribution in [0.3, 0.4) is 0 Å². The van der Waals surface area contributed by atoms with Crippen molar-refractivity contribution in [3.63, 3.8) is 0 Å². The van der Waals surface area contributed by atoms with Gasteiger partial charge in [0, 0.05) is 28.3 Å². The number of halogens is 1. The van der Waals surface area contributed by atoms with Gasteiger partial charge < -0.3 is 15.3 Å². The summed E-state index contributed by atoms with van der Waals surface area (Å²) in [5.74, 6) is 0. The van der Waals surface area contributed by atoms with Crippen molar-refractivity contribution in [3.05, 3.63) is 28.4 Å². The van der Waals surface area contributed by atoms with Crippen molar-refractivity contribution in [2.45, 2.75) is 24.9 Å². The lowest BCUT2D eigenvalue weighted by Crippen LogP contribution is -2.25. The smallest absolute Gasteiger partial charge is 0.275 e. The lowest BCUT2D eigenvalue weighted by Gasteiger charge is -2.11. The molecular formula is C11H13IN4O. The minimum atomic E-state index is -0.107. The maximum Gasteiger partial charge on any atom is 0.275 e. The summed E-state index contributed by atoms with van der Waals surface area (Å²) in [7, 11) is 0. The van der Waals surface area contributed by atoms with E-state index in [2.05, 4.69) is 42.9 Å². The van der Waals surface area contributed by atoms with Gasteiger partial charge in [0.25, 0.3) is 5.56 Å². The minimum Gasteiger partial charge on any atom is -0.355 e. The molecule has 2 atom stereocenters. The molecule has 2 aromatic rings. The van der Waals surface area contributed by atoms with Crippen molar-refractivity contribution in [2.75, 3.05) is 4.43 Å². The molecule has 2 unspecified atom stereocenters. The van der Waals surface area contributed by atoms with E-state index in [4.69, 9.17) is 0 Å². The van der Waals surface area contributed by atoms with Gasteiger partial charge in [0.2, 0.25) is 0 Å². The number of hydrogen-bond donors (Lipinski definition) is 3. The molecule has 3 heterocycles. The molecule has 0 bridgehead atoms. The van der Waals surface area contributed by atoms with Gasteiger partial charge in [-0.05, 0) is 12.8 Å². The molecule has 0 aromatic carbocycles. The van der Waals surface area contributed by atoms with E-state index >= 15 is 0 Å². The molecule has 17 heavy (non-hydrogen) atoms. The van der Waals surface area contributed by atoms with Gasteiger partial charge in [0.1, 0.15) is 11.0 Å². The number of nitrogens with one attached hydrogen (secondary N) is 3. The van der Waals surface area contributed by atoms with E-state index in [0.717, 1.165) is 21.9 Å². The monoisotopic (exact) mass is 344 g/mol. The topological polar surface area (TPSA) is 73.6 Å². The number of aromatic amines is 2. The van der Waals surface area contributed by atoms with Crippen LogP contribution in [0.1, 0.15) is 24.4 Å². The summed E-state index contributed by atoms with van der Waals surface area (Å²) >= 11 is 2.40. The molecule has 1 aliphatic heterocycles. The Morgan fingerprint density at radius 2 is 2.29 bits per heavy atom. The molecule has 0 saturated carbocycles. The number of hydrogen-bond acceptors (Lipinski definition) is 3. The Morgan fingerprint density at radius 3 is 3.06 bits per heavy atom. The summed E-state index contributed by atoms with van der Waals surface area (Å²) in [6.07, 6.45) is 5.66. The van der Waals surface area contributed by atoms with Gasteiger partial charge >= 0.3 is 0 Å². The second-order valence-corrected chi connectivity index (χ2v) is 5.23. The van der Waals surface area contributed by atoms with E-state index in [-0.39, 0.29) is 5.56 Å². The molecule has 1 aliphatic rings. The van der Waals surface area contributed by atoms with Gasteiger partial charge in [0.05, 0.1) is 6.33 Å². The van der Waals surface area contributed by atoms with Crippen LogP contribution in [-0.4, -0.2) is 25.4 Å². The highest BCUT2D eigenvalue weighted by molar-refractivity contribution is 14.1. The number of H-pyrrole nitrogens is 2. The highest BCUT2D eigenvalue weighted by Gasteiger charge is 2.26. The van der Waals surface area contributed by atoms with Crippen LogP contribution in [0.5, 0.6) is 0 Å². The Kier molecular flexibility index (Phi) is 2.91. The van der Waals surface area contributed by atoms with Gasteiger partial charge in [-0.15, -0.1) is 0 Å². The van der Waals surface area contributed by atoms with Crippen molar-refractivity contribution in [1.82, 2.24) is 20.3 Å². The number of aromatic nitrogens is 3. The standard InChI is InChI=1S/C11H13IN4O/c12-3-6-1-2-8(16-6)7-4-13-10-9(7)14-5-15-11(10)17/h4-6,8,13,16H,1-3H2,(H,14,15,17). The van der Waals surface area contributed by atoms with Crippen molar-refractivity contribution >= 4 is 33.6 Å². The Bertz CT molecular complexity index is 590. The molecule has 3 rings (SSSR count). The molecular weight excluding hydrogens is 331 g/mol. The van der Waals surface area contributed by atoms with Crippen molar-refractivity contribution < 1.29 is 0 Å². The first-order chi connectivity index (χ1) is 8.29. The summed E-state index contributed by atoms with van der Waals surface area (Å²) in [4.78, 5) is 21.4. The number of fused-ring (bicyclic) bond motifs is 1. The zero-order valence-electron chi connectivity index (χ0n) is 9.16. The maximum atomic E-state index is 11.6. The molecule has 2 aromatic heterocycles. The molecule has 1 fully saturated rings. The van der Waals surface area contributed by atoms with E-state index in [1.165, 1.54) is 12.7 Å². The molecule has 90 valence electrons. The lowest BCUT2D eigenvalue weighted by atomic mass is 10.1. The lowest BCUT2D eigenvalue weighted by molar-refractivity contribution is 0.596. The van der Waals surface area contributed by atoms with Crippen LogP contribution in [0.4, 0.5) is 0 Å². The van der Waals surface area contributed by atoms with Crippen LogP contribution in [-0.2, 0) is 0 Å². The third-order valence-corrected chi connectivity index (χ3v) is 4.36. The van der Waals surface area contributed by atoms with Crippen molar-refractivity contribution in [2.24, 2.45) is 0 Å². The second kappa shape index (κ2) is 4.41. The maximum absolute atomic E-state index is 11.6. The average Bonchev–Trinajstić information content (AvgIpc) is 2.94. The van der Waals surface area contributed by atoms with Gasteiger partial charge in [0.15, 0.2) is 0 Å². The van der Waals surface area contributed by atoms with Crippen LogP contribution >= 0.6 is 22.6 Å². The van der Waals surface area contributed by atoms with E-state index < -0.39 is 0 Å². The summed E-state index contributed by atoms with van der Waals surface area (Å²) in [6, 6.07) is 0.894. The van der Waals surface area contributed by atoms with Gasteiger partial charge in [-0.1, -0.05) is 22.6 Å². The normalized spacial score (nSPS) is 24.5. The number of rotatable bonds is 2. The minimum absolute atomic E-state index is 0.107. The zero-order valence-corrected chi connectivity index (χ0v) is 11.3. The van der Waals surface area contributed by atoms with Crippen LogP contribution in [0.2, 0.25) is 0 Å². The third kappa shape index (κ3) is 1.89. The first-order valence-corrected chi connectivity index (χ1v) is 7.19. The molecule has 0 aliphatic carbocycles. The highest BCUT2D eigenvalue weighted by atomic mass is 127. The molecule has 0 radical (unpaired) electrons. The summed E-state index contributed by atoms with van der Waals surface area (Å²) in [6.45, 7) is 0. The first-order valence-electron chi connectivity index (χ1n) is 5.66. The third-order valence-electron chi connectivity index (χ3n) is 3.30. The van der Waals surface area contributed by atoms with Crippen LogP contribution in [0, 0.1) is 0 Å². The molecule has 6 heteroatoms. The SMILES string of the molecule is O=c1[nH]cnc2c(C3CCC(CI)N3)c[nH]c12. The predicted molar refractivity (Wildman–Crippen MR) is 74.5 cm³/mol. The van der Waals surface area contributed by atoms with E-state index in [1.807, 2.05) is 6.20 Å². The van der Waals surface area contributed by atoms with Crippen LogP contribution in [0.15, 0.2) is 17.3 Å². The Hall–Kier alpha value is -0.890. The van der Waals surface area contributed by atoms with Gasteiger partial charge in [-0.3, -0.25) is 4.79 Å². The summed E-state index contributed by atoms with van der Waals surface area (Å²) in [5.41, 5.74) is 2.37. The van der Waals surface area contributed by atoms with Crippen molar-refractivity contribution in [3.8, 4) is 0 Å². The Morgan fingerprint density at radius 1 is 1.41 bits per heavy atom. The predicted octanol–water partition coefficient (Wildman–Crippen LogP) is 1.48. The van der Waals surface area contributed by atoms with Gasteiger partial charge in [-0.2, -0.15) is 0 Å². The molecule has 3 N–H and O–H groups in total. The fourth-order valence-electron chi connectivity index (χ4n) is 2.42. The molecule has 5 nitrogen and oxygen atoms in total. The largest absolute Gasteiger partial charge is 0.355 e. The fraction of sp³-hybridized carbons (Fsp3) is 0.455. The van der Waals surface area contributed by atoms with Crippen LogP contribution in [0.25, 0.3) is 11.0 Å². The summed E-state index contributed by atoms with van der Waals surface area (Å²) in [5, 5.41) is 3.57. The number of nitrogens with zero attached hydrogens (tertiary/aromatic N) is 1. The fourth-order valence-corrected chi connectivity index (χ4v) is 3.12. The molecule has 0 spiro atoms. The first kappa shape index (κ1) is 11.2. The highest BCUT2D eigenvalue weighted by Crippen LogP contribution is 2.30. The number of alkyl halides is 1. The Labute approximate surface area is 112 Å². The molecule has 0 amide bonds. The Balaban J connectivity index is 2.02. The van der Waals surface area contributed by atoms with E-state index in [9.17, 15) is 4.79 Å². The molecule has 1 saturated heterocycles.